The Morgan fingerprint density at radius 2 is 1.91 bits per heavy atom. The summed E-state index contributed by atoms with van der Waals surface area (Å²) in [6.07, 6.45) is 2.87. The van der Waals surface area contributed by atoms with E-state index in [1.54, 1.807) is 42.5 Å². The molecule has 0 bridgehead atoms. The van der Waals surface area contributed by atoms with Crippen molar-refractivity contribution in [2.24, 2.45) is 0 Å². The zero-order valence-electron chi connectivity index (χ0n) is 17.2. The highest BCUT2D eigenvalue weighted by molar-refractivity contribution is 7.92. The molecule has 10 nitrogen and oxygen atoms in total. The van der Waals surface area contributed by atoms with Crippen molar-refractivity contribution in [1.82, 2.24) is 15.2 Å². The summed E-state index contributed by atoms with van der Waals surface area (Å²) in [5.41, 5.74) is 1.74. The smallest absolute Gasteiger partial charge is 0.263 e. The van der Waals surface area contributed by atoms with Crippen LogP contribution in [0, 0.1) is 0 Å². The first-order valence-corrected chi connectivity index (χ1v) is 11.6. The van der Waals surface area contributed by atoms with Gasteiger partial charge in [0.15, 0.2) is 17.3 Å². The second-order valence-corrected chi connectivity index (χ2v) is 9.01. The number of nitrogens with one attached hydrogen (secondary N) is 3. The first kappa shape index (κ1) is 20.8. The maximum atomic E-state index is 12.6. The second-order valence-electron chi connectivity index (χ2n) is 7.33. The van der Waals surface area contributed by atoms with E-state index in [1.807, 2.05) is 0 Å². The van der Waals surface area contributed by atoms with Gasteiger partial charge in [0, 0.05) is 23.5 Å². The first-order valence-electron chi connectivity index (χ1n) is 10.1. The number of nitrogens with zero attached hydrogens (tertiary/aromatic N) is 2. The summed E-state index contributed by atoms with van der Waals surface area (Å²) in [6.45, 7) is 0.967. The Morgan fingerprint density at radius 1 is 1.06 bits per heavy atom. The summed E-state index contributed by atoms with van der Waals surface area (Å²) in [4.78, 5) is 16.5. The Kier molecular flexibility index (Phi) is 5.31. The van der Waals surface area contributed by atoms with E-state index in [9.17, 15) is 13.2 Å². The van der Waals surface area contributed by atoms with Crippen LogP contribution in [0.15, 0.2) is 65.8 Å². The van der Waals surface area contributed by atoms with Gasteiger partial charge in [-0.1, -0.05) is 6.07 Å². The average Bonchev–Trinajstić information content (AvgIpc) is 3.21. The lowest BCUT2D eigenvalue weighted by Gasteiger charge is -2.18. The third-order valence-electron chi connectivity index (χ3n) is 4.99. The summed E-state index contributed by atoms with van der Waals surface area (Å²) >= 11 is 0. The van der Waals surface area contributed by atoms with Gasteiger partial charge in [0.25, 0.3) is 10.0 Å². The average molecular weight is 465 g/mol. The maximum Gasteiger partial charge on any atom is 0.263 e. The Balaban J connectivity index is 1.33. The molecule has 0 atom stereocenters. The predicted octanol–water partition coefficient (Wildman–Crippen LogP) is 2.71. The molecular formula is C22H19N5O5S. The van der Waals surface area contributed by atoms with E-state index < -0.39 is 10.0 Å². The third kappa shape index (κ3) is 4.44. The summed E-state index contributed by atoms with van der Waals surface area (Å²) < 4.78 is 38.7. The number of hydrogen-bond acceptors (Lipinski definition) is 7. The van der Waals surface area contributed by atoms with Crippen LogP contribution in [0.4, 0.5) is 11.5 Å². The molecule has 5 rings (SSSR count). The van der Waals surface area contributed by atoms with E-state index in [4.69, 9.17) is 9.47 Å². The number of benzene rings is 2. The molecule has 1 aliphatic heterocycles. The quantitative estimate of drug-likeness (QED) is 0.398. The number of rotatable bonds is 6. The number of aromatic amines is 1. The minimum Gasteiger partial charge on any atom is -0.486 e. The van der Waals surface area contributed by atoms with Crippen LogP contribution < -0.4 is 19.5 Å². The van der Waals surface area contributed by atoms with E-state index in [-0.39, 0.29) is 17.2 Å². The van der Waals surface area contributed by atoms with E-state index in [1.165, 1.54) is 18.5 Å². The van der Waals surface area contributed by atoms with E-state index >= 15 is 0 Å². The van der Waals surface area contributed by atoms with Crippen LogP contribution in [0.1, 0.15) is 5.56 Å². The molecule has 2 aromatic heterocycles. The summed E-state index contributed by atoms with van der Waals surface area (Å²) in [5, 5.41) is 10.3. The van der Waals surface area contributed by atoms with E-state index in [2.05, 4.69) is 25.2 Å². The van der Waals surface area contributed by atoms with Gasteiger partial charge in [0.05, 0.1) is 11.9 Å². The molecular weight excluding hydrogens is 446 g/mol. The van der Waals surface area contributed by atoms with Crippen LogP contribution in [0.5, 0.6) is 11.5 Å². The van der Waals surface area contributed by atoms with E-state index in [0.29, 0.717) is 47.1 Å². The lowest BCUT2D eigenvalue weighted by atomic mass is 10.1. The van der Waals surface area contributed by atoms with Crippen LogP contribution in [0.25, 0.3) is 10.9 Å². The van der Waals surface area contributed by atoms with Crippen molar-refractivity contribution in [2.75, 3.05) is 23.3 Å². The molecule has 0 saturated carbocycles. The fourth-order valence-corrected chi connectivity index (χ4v) is 4.46. The minimum absolute atomic E-state index is 0.0465. The van der Waals surface area contributed by atoms with Crippen LogP contribution in [-0.4, -0.2) is 42.7 Å². The van der Waals surface area contributed by atoms with E-state index in [0.717, 1.165) is 5.56 Å². The molecule has 1 aliphatic rings. The van der Waals surface area contributed by atoms with Gasteiger partial charge in [0.2, 0.25) is 5.91 Å². The number of amides is 1. The van der Waals surface area contributed by atoms with Crippen molar-refractivity contribution in [3.05, 3.63) is 66.5 Å². The van der Waals surface area contributed by atoms with Gasteiger partial charge in [-0.3, -0.25) is 19.6 Å². The Morgan fingerprint density at radius 3 is 2.73 bits per heavy atom. The SMILES string of the molecule is O=C(Cc1ccc2c(c1)OCCO2)Nc1n[nH]c2ccc(NS(=O)(=O)c3cccnc3)cc12. The van der Waals surface area contributed by atoms with Gasteiger partial charge in [-0.15, -0.1) is 0 Å². The normalized spacial score (nSPS) is 13.0. The number of pyridine rings is 1. The molecule has 11 heteroatoms. The molecule has 3 N–H and O–H groups in total. The van der Waals surface area contributed by atoms with Crippen molar-refractivity contribution in [3.63, 3.8) is 0 Å². The van der Waals surface area contributed by atoms with Crippen LogP contribution in [-0.2, 0) is 21.2 Å². The van der Waals surface area contributed by atoms with Crippen LogP contribution >= 0.6 is 0 Å². The molecule has 4 aromatic rings. The fraction of sp³-hybridized carbons (Fsp3) is 0.136. The molecule has 0 fully saturated rings. The van der Waals surface area contributed by atoms with Crippen molar-refractivity contribution in [1.29, 1.82) is 0 Å². The number of hydrogen-bond donors (Lipinski definition) is 3. The summed E-state index contributed by atoms with van der Waals surface area (Å²) in [6, 6.07) is 13.3. The van der Waals surface area contributed by atoms with Gasteiger partial charge < -0.3 is 14.8 Å². The fourth-order valence-electron chi connectivity index (χ4n) is 3.45. The number of fused-ring (bicyclic) bond motifs is 2. The number of ether oxygens (including phenoxy) is 2. The molecule has 33 heavy (non-hydrogen) atoms. The number of carbonyl (C=O) groups excluding carboxylic acids is 1. The molecule has 1 amide bonds. The Bertz CT molecular complexity index is 1440. The largest absolute Gasteiger partial charge is 0.486 e. The standard InChI is InChI=1S/C22H19N5O5S/c28-21(11-14-3-6-19-20(10-14)32-9-8-31-19)24-22-17-12-15(4-5-18(17)25-26-22)27-33(29,30)16-2-1-7-23-13-16/h1-7,10,12-13,27H,8-9,11H2,(H2,24,25,26,28). The lowest BCUT2D eigenvalue weighted by molar-refractivity contribution is -0.115. The van der Waals surface area contributed by atoms with Gasteiger partial charge in [-0.25, -0.2) is 8.42 Å². The number of H-pyrrole nitrogens is 1. The molecule has 0 unspecified atom stereocenters. The van der Waals surface area contributed by atoms with Gasteiger partial charge in [-0.2, -0.15) is 5.10 Å². The number of anilines is 2. The zero-order valence-corrected chi connectivity index (χ0v) is 18.1. The highest BCUT2D eigenvalue weighted by Crippen LogP contribution is 2.31. The first-order chi connectivity index (χ1) is 16.0. The summed E-state index contributed by atoms with van der Waals surface area (Å²) in [5.74, 6) is 1.30. The van der Waals surface area contributed by atoms with Gasteiger partial charge >= 0.3 is 0 Å². The Labute approximate surface area is 189 Å². The van der Waals surface area contributed by atoms with Crippen molar-refractivity contribution in [3.8, 4) is 11.5 Å². The molecule has 0 aliphatic carbocycles. The number of sulfonamides is 1. The maximum absolute atomic E-state index is 12.6. The van der Waals surface area contributed by atoms with Gasteiger partial charge in [-0.05, 0) is 48.0 Å². The molecule has 0 saturated heterocycles. The van der Waals surface area contributed by atoms with Crippen molar-refractivity contribution >= 4 is 38.3 Å². The highest BCUT2D eigenvalue weighted by Gasteiger charge is 2.17. The predicted molar refractivity (Wildman–Crippen MR) is 121 cm³/mol. The van der Waals surface area contributed by atoms with Crippen molar-refractivity contribution < 1.29 is 22.7 Å². The molecule has 0 spiro atoms. The van der Waals surface area contributed by atoms with Crippen molar-refractivity contribution in [2.45, 2.75) is 11.3 Å². The second kappa shape index (κ2) is 8.43. The monoisotopic (exact) mass is 465 g/mol. The molecule has 168 valence electrons. The lowest BCUT2D eigenvalue weighted by Crippen LogP contribution is -2.17. The summed E-state index contributed by atoms with van der Waals surface area (Å²) in [7, 11) is -3.80. The molecule has 0 radical (unpaired) electrons. The zero-order chi connectivity index (χ0) is 22.8. The molecule has 2 aromatic carbocycles. The van der Waals surface area contributed by atoms with Crippen LogP contribution in [0.3, 0.4) is 0 Å². The van der Waals surface area contributed by atoms with Crippen LogP contribution in [0.2, 0.25) is 0 Å². The molecule has 3 heterocycles. The Hall–Kier alpha value is -4.12. The third-order valence-corrected chi connectivity index (χ3v) is 6.36. The number of aromatic nitrogens is 3. The topological polar surface area (TPSA) is 135 Å². The highest BCUT2D eigenvalue weighted by atomic mass is 32.2. The minimum atomic E-state index is -3.80. The van der Waals surface area contributed by atoms with Gasteiger partial charge in [0.1, 0.15) is 18.1 Å². The number of carbonyl (C=O) groups is 1.